The molecule has 0 bridgehead atoms. The van der Waals surface area contributed by atoms with Crippen molar-refractivity contribution in [2.75, 3.05) is 20.1 Å². The van der Waals surface area contributed by atoms with Crippen LogP contribution in [0.2, 0.25) is 0 Å². The molecule has 1 amide bonds. The number of nitrogens with zero attached hydrogens (tertiary/aromatic N) is 5. The predicted octanol–water partition coefficient (Wildman–Crippen LogP) is 2.09. The summed E-state index contributed by atoms with van der Waals surface area (Å²) in [6.07, 6.45) is 2.92. The second-order valence-electron chi connectivity index (χ2n) is 6.79. The van der Waals surface area contributed by atoms with Crippen LogP contribution in [-0.4, -0.2) is 57.0 Å². The van der Waals surface area contributed by atoms with Gasteiger partial charge in [0.1, 0.15) is 5.76 Å². The van der Waals surface area contributed by atoms with Crippen LogP contribution in [-0.2, 0) is 13.0 Å². The van der Waals surface area contributed by atoms with E-state index >= 15 is 0 Å². The molecular weight excluding hydrogens is 322 g/mol. The largest absolute Gasteiger partial charge is 0.448 e. The van der Waals surface area contributed by atoms with Gasteiger partial charge < -0.3 is 13.8 Å². The number of amides is 1. The van der Waals surface area contributed by atoms with E-state index in [4.69, 9.17) is 8.94 Å². The summed E-state index contributed by atoms with van der Waals surface area (Å²) in [7, 11) is 2.03. The van der Waals surface area contributed by atoms with Crippen LogP contribution in [0.25, 0.3) is 0 Å². The van der Waals surface area contributed by atoms with Gasteiger partial charge in [0.05, 0.1) is 6.54 Å². The molecule has 1 aliphatic heterocycles. The molecule has 3 rings (SSSR count). The molecule has 8 nitrogen and oxygen atoms in total. The van der Waals surface area contributed by atoms with Crippen LogP contribution in [0.3, 0.4) is 0 Å². The molecule has 2 aromatic heterocycles. The smallest absolute Gasteiger partial charge is 0.276 e. The maximum absolute atomic E-state index is 12.6. The zero-order chi connectivity index (χ0) is 18.0. The van der Waals surface area contributed by atoms with E-state index in [1.54, 1.807) is 0 Å². The number of likely N-dealkylation sites (N-methyl/N-ethyl adjacent to an activating group) is 1. The van der Waals surface area contributed by atoms with Gasteiger partial charge in [-0.15, -0.1) is 0 Å². The van der Waals surface area contributed by atoms with Gasteiger partial charge in [-0.25, -0.2) is 4.98 Å². The van der Waals surface area contributed by atoms with E-state index in [1.165, 1.54) is 6.39 Å². The summed E-state index contributed by atoms with van der Waals surface area (Å²) in [6.45, 7) is 7.99. The normalized spacial score (nSPS) is 17.8. The quantitative estimate of drug-likeness (QED) is 0.790. The van der Waals surface area contributed by atoms with Crippen molar-refractivity contribution in [2.24, 2.45) is 0 Å². The number of carbonyl (C=O) groups is 1. The third kappa shape index (κ3) is 3.73. The molecular formula is C17H25N5O3. The Morgan fingerprint density at radius 1 is 1.48 bits per heavy atom. The van der Waals surface area contributed by atoms with E-state index in [9.17, 15) is 4.79 Å². The number of likely N-dealkylation sites (tertiary alicyclic amines) is 1. The first-order chi connectivity index (χ1) is 12.0. The molecule has 0 spiro atoms. The summed E-state index contributed by atoms with van der Waals surface area (Å²) in [4.78, 5) is 25.2. The Kier molecular flexibility index (Phi) is 5.17. The summed E-state index contributed by atoms with van der Waals surface area (Å²) in [5.74, 6) is 2.16. The summed E-state index contributed by atoms with van der Waals surface area (Å²) in [5.41, 5.74) is 0.436. The molecule has 0 N–H and O–H groups in total. The molecule has 8 heteroatoms. The van der Waals surface area contributed by atoms with Crippen LogP contribution in [0.5, 0.6) is 0 Å². The third-order valence-corrected chi connectivity index (χ3v) is 4.61. The second-order valence-corrected chi connectivity index (χ2v) is 6.79. The van der Waals surface area contributed by atoms with Gasteiger partial charge in [0, 0.05) is 31.5 Å². The van der Waals surface area contributed by atoms with Crippen LogP contribution in [0.1, 0.15) is 61.1 Å². The highest BCUT2D eigenvalue weighted by Crippen LogP contribution is 2.20. The van der Waals surface area contributed by atoms with Gasteiger partial charge in [-0.2, -0.15) is 4.98 Å². The van der Waals surface area contributed by atoms with Crippen LogP contribution in [0, 0.1) is 0 Å². The third-order valence-electron chi connectivity index (χ3n) is 4.61. The minimum absolute atomic E-state index is 0.0526. The van der Waals surface area contributed by atoms with E-state index in [0.717, 1.165) is 6.42 Å². The lowest BCUT2D eigenvalue weighted by molar-refractivity contribution is 0.0772. The highest BCUT2D eigenvalue weighted by atomic mass is 16.5. The molecule has 1 fully saturated rings. The van der Waals surface area contributed by atoms with Crippen molar-refractivity contribution in [3.8, 4) is 0 Å². The molecule has 25 heavy (non-hydrogen) atoms. The van der Waals surface area contributed by atoms with Crippen molar-refractivity contribution in [3.63, 3.8) is 0 Å². The first-order valence-corrected chi connectivity index (χ1v) is 8.74. The fourth-order valence-electron chi connectivity index (χ4n) is 3.05. The zero-order valence-electron chi connectivity index (χ0n) is 15.2. The fraction of sp³-hybridized carbons (Fsp3) is 0.647. The fourth-order valence-corrected chi connectivity index (χ4v) is 3.05. The molecule has 1 aliphatic rings. The van der Waals surface area contributed by atoms with E-state index in [1.807, 2.05) is 32.7 Å². The number of carbonyl (C=O) groups excluding carboxylic acids is 1. The van der Waals surface area contributed by atoms with Crippen LogP contribution >= 0.6 is 0 Å². The van der Waals surface area contributed by atoms with Gasteiger partial charge >= 0.3 is 0 Å². The van der Waals surface area contributed by atoms with E-state index in [0.29, 0.717) is 49.2 Å². The lowest BCUT2D eigenvalue weighted by Crippen LogP contribution is -2.36. The average Bonchev–Trinajstić information content (AvgIpc) is 3.33. The summed E-state index contributed by atoms with van der Waals surface area (Å²) < 4.78 is 10.5. The van der Waals surface area contributed by atoms with Crippen molar-refractivity contribution >= 4 is 5.91 Å². The van der Waals surface area contributed by atoms with Gasteiger partial charge in [-0.1, -0.05) is 25.9 Å². The molecule has 0 radical (unpaired) electrons. The monoisotopic (exact) mass is 347 g/mol. The Hall–Kier alpha value is -2.22. The summed E-state index contributed by atoms with van der Waals surface area (Å²) in [6, 6.07) is 0.266. The Morgan fingerprint density at radius 3 is 2.96 bits per heavy atom. The highest BCUT2D eigenvalue weighted by Gasteiger charge is 2.32. The van der Waals surface area contributed by atoms with Gasteiger partial charge in [0.2, 0.25) is 5.89 Å². The SMILES string of the molecule is CCc1ocnc1C(=O)N1CCC(N(C)Cc2noc(C(C)C)n2)C1. The molecule has 1 unspecified atom stereocenters. The van der Waals surface area contributed by atoms with Gasteiger partial charge in [0.25, 0.3) is 5.91 Å². The molecule has 3 heterocycles. The first kappa shape index (κ1) is 17.6. The maximum Gasteiger partial charge on any atom is 0.276 e. The van der Waals surface area contributed by atoms with Gasteiger partial charge in [-0.05, 0) is 13.5 Å². The predicted molar refractivity (Wildman–Crippen MR) is 90.0 cm³/mol. The Balaban J connectivity index is 1.59. The zero-order valence-corrected chi connectivity index (χ0v) is 15.2. The van der Waals surface area contributed by atoms with Crippen molar-refractivity contribution in [2.45, 2.75) is 52.1 Å². The Morgan fingerprint density at radius 2 is 2.28 bits per heavy atom. The van der Waals surface area contributed by atoms with Crippen molar-refractivity contribution in [1.29, 1.82) is 0 Å². The highest BCUT2D eigenvalue weighted by molar-refractivity contribution is 5.93. The van der Waals surface area contributed by atoms with Crippen molar-refractivity contribution in [1.82, 2.24) is 24.9 Å². The number of oxazole rings is 1. The summed E-state index contributed by atoms with van der Waals surface area (Å²) >= 11 is 0. The lowest BCUT2D eigenvalue weighted by atomic mass is 10.2. The molecule has 1 atom stereocenters. The topological polar surface area (TPSA) is 88.5 Å². The molecule has 136 valence electrons. The number of aromatic nitrogens is 3. The van der Waals surface area contributed by atoms with Crippen LogP contribution in [0.4, 0.5) is 0 Å². The number of aryl methyl sites for hydroxylation is 1. The van der Waals surface area contributed by atoms with Gasteiger partial charge in [0.15, 0.2) is 17.9 Å². The van der Waals surface area contributed by atoms with E-state index in [-0.39, 0.29) is 17.9 Å². The number of hydrogen-bond acceptors (Lipinski definition) is 7. The van der Waals surface area contributed by atoms with Crippen molar-refractivity contribution < 1.29 is 13.7 Å². The molecule has 0 saturated carbocycles. The Bertz CT molecular complexity index is 723. The summed E-state index contributed by atoms with van der Waals surface area (Å²) in [5, 5.41) is 4.04. The first-order valence-electron chi connectivity index (χ1n) is 8.74. The molecule has 0 aromatic carbocycles. The average molecular weight is 347 g/mol. The van der Waals surface area contributed by atoms with Gasteiger partial charge in [-0.3, -0.25) is 9.69 Å². The molecule has 1 saturated heterocycles. The second kappa shape index (κ2) is 7.35. The van der Waals surface area contributed by atoms with Crippen molar-refractivity contribution in [3.05, 3.63) is 29.6 Å². The number of rotatable bonds is 6. The van der Waals surface area contributed by atoms with E-state index in [2.05, 4.69) is 20.0 Å². The molecule has 0 aliphatic carbocycles. The standard InChI is InChI=1S/C17H25N5O3/c1-5-13-15(18-10-24-13)17(23)22-7-6-12(8-22)21(4)9-14-19-16(11(2)3)25-20-14/h10-12H,5-9H2,1-4H3. The number of hydrogen-bond donors (Lipinski definition) is 0. The minimum Gasteiger partial charge on any atom is -0.448 e. The van der Waals surface area contributed by atoms with Crippen LogP contribution < -0.4 is 0 Å². The van der Waals surface area contributed by atoms with E-state index < -0.39 is 0 Å². The lowest BCUT2D eigenvalue weighted by Gasteiger charge is -2.23. The maximum atomic E-state index is 12.6. The molecule has 2 aromatic rings. The minimum atomic E-state index is -0.0526. The van der Waals surface area contributed by atoms with Crippen LogP contribution in [0.15, 0.2) is 15.3 Å². The Labute approximate surface area is 147 Å².